The van der Waals surface area contributed by atoms with Gasteiger partial charge < -0.3 is 10.4 Å². The van der Waals surface area contributed by atoms with E-state index in [0.29, 0.717) is 28.6 Å². The number of benzene rings is 2. The molecule has 2 N–H and O–H groups in total. The third kappa shape index (κ3) is 4.21. The molecule has 5 heteroatoms. The number of carbonyl (C=O) groups is 1. The Morgan fingerprint density at radius 1 is 1.00 bits per heavy atom. The summed E-state index contributed by atoms with van der Waals surface area (Å²) in [6.07, 6.45) is 0.694. The van der Waals surface area contributed by atoms with Gasteiger partial charge in [-0.25, -0.2) is 0 Å². The first kappa shape index (κ1) is 15.8. The smallest absolute Gasteiger partial charge is 0.254 e. The van der Waals surface area contributed by atoms with Crippen LogP contribution in [-0.2, 0) is 13.0 Å². The van der Waals surface area contributed by atoms with Crippen LogP contribution in [-0.4, -0.2) is 17.6 Å². The Labute approximate surface area is 133 Å². The predicted octanol–water partition coefficient (Wildman–Crippen LogP) is 3.46. The van der Waals surface area contributed by atoms with E-state index < -0.39 is 0 Å². The average molecular weight is 324 g/mol. The van der Waals surface area contributed by atoms with Gasteiger partial charge in [-0.1, -0.05) is 53.5 Å². The maximum absolute atomic E-state index is 12.1. The summed E-state index contributed by atoms with van der Waals surface area (Å²) in [5, 5.41) is 12.5. The topological polar surface area (TPSA) is 49.3 Å². The summed E-state index contributed by atoms with van der Waals surface area (Å²) in [4.78, 5) is 12.1. The fraction of sp³-hybridized carbons (Fsp3) is 0.188. The molecule has 0 fully saturated rings. The minimum atomic E-state index is -0.280. The van der Waals surface area contributed by atoms with Crippen molar-refractivity contribution in [1.82, 2.24) is 5.32 Å². The summed E-state index contributed by atoms with van der Waals surface area (Å²) in [5.41, 5.74) is 2.25. The van der Waals surface area contributed by atoms with Gasteiger partial charge in [-0.3, -0.25) is 4.79 Å². The molecule has 2 rings (SSSR count). The molecule has 0 bridgehead atoms. The van der Waals surface area contributed by atoms with Crippen LogP contribution in [0, 0.1) is 0 Å². The molecule has 1 amide bonds. The summed E-state index contributed by atoms with van der Waals surface area (Å²) in [5.74, 6) is -0.280. The molecule has 2 aromatic rings. The molecule has 0 radical (unpaired) electrons. The highest BCUT2D eigenvalue weighted by Crippen LogP contribution is 2.23. The van der Waals surface area contributed by atoms with Crippen LogP contribution in [0.5, 0.6) is 0 Å². The van der Waals surface area contributed by atoms with Crippen molar-refractivity contribution < 1.29 is 9.90 Å². The molecule has 0 atom stereocenters. The van der Waals surface area contributed by atoms with Crippen molar-refractivity contribution in [1.29, 1.82) is 0 Å². The van der Waals surface area contributed by atoms with Gasteiger partial charge in [0.15, 0.2) is 0 Å². The summed E-state index contributed by atoms with van der Waals surface area (Å²) in [6, 6.07) is 12.6. The van der Waals surface area contributed by atoms with Crippen molar-refractivity contribution in [2.75, 3.05) is 6.54 Å². The van der Waals surface area contributed by atoms with Gasteiger partial charge in [0.05, 0.1) is 22.2 Å². The lowest BCUT2D eigenvalue weighted by Gasteiger charge is -2.08. The standard InChI is InChI=1S/C16H15Cl2NO2/c17-13-2-1-3-14(18)15(13)16(21)19-9-8-11-4-6-12(10-20)7-5-11/h1-7,20H,8-10H2,(H,19,21). The van der Waals surface area contributed by atoms with Crippen LogP contribution < -0.4 is 5.32 Å². The molecule has 0 saturated carbocycles. The van der Waals surface area contributed by atoms with Crippen LogP contribution >= 0.6 is 23.2 Å². The van der Waals surface area contributed by atoms with Gasteiger partial charge in [0.25, 0.3) is 5.91 Å². The molecule has 0 saturated heterocycles. The molecule has 110 valence electrons. The van der Waals surface area contributed by atoms with Gasteiger partial charge in [0.1, 0.15) is 0 Å². The Bertz CT molecular complexity index is 606. The summed E-state index contributed by atoms with van der Waals surface area (Å²) in [7, 11) is 0. The zero-order valence-electron chi connectivity index (χ0n) is 11.3. The van der Waals surface area contributed by atoms with Gasteiger partial charge in [-0.05, 0) is 29.7 Å². The summed E-state index contributed by atoms with van der Waals surface area (Å²) < 4.78 is 0. The van der Waals surface area contributed by atoms with Crippen molar-refractivity contribution in [2.45, 2.75) is 13.0 Å². The fourth-order valence-electron chi connectivity index (χ4n) is 1.93. The molecule has 0 unspecified atom stereocenters. The van der Waals surface area contributed by atoms with E-state index in [1.807, 2.05) is 24.3 Å². The zero-order chi connectivity index (χ0) is 15.2. The van der Waals surface area contributed by atoms with Gasteiger partial charge in [-0.15, -0.1) is 0 Å². The Balaban J connectivity index is 1.92. The van der Waals surface area contributed by atoms with Crippen molar-refractivity contribution in [2.24, 2.45) is 0 Å². The van der Waals surface area contributed by atoms with Crippen LogP contribution in [0.25, 0.3) is 0 Å². The van der Waals surface area contributed by atoms with Crippen LogP contribution in [0.2, 0.25) is 10.0 Å². The van der Waals surface area contributed by atoms with E-state index >= 15 is 0 Å². The third-order valence-corrected chi connectivity index (χ3v) is 3.72. The number of nitrogens with one attached hydrogen (secondary N) is 1. The first-order chi connectivity index (χ1) is 10.1. The molecular formula is C16H15Cl2NO2. The van der Waals surface area contributed by atoms with Crippen molar-refractivity contribution >= 4 is 29.1 Å². The van der Waals surface area contributed by atoms with Crippen LogP contribution in [0.3, 0.4) is 0 Å². The third-order valence-electron chi connectivity index (χ3n) is 3.09. The first-order valence-electron chi connectivity index (χ1n) is 6.52. The normalized spacial score (nSPS) is 10.4. The van der Waals surface area contributed by atoms with Crippen LogP contribution in [0.15, 0.2) is 42.5 Å². The molecule has 0 heterocycles. The van der Waals surface area contributed by atoms with E-state index in [4.69, 9.17) is 28.3 Å². The Kier molecular flexibility index (Phi) is 5.62. The number of aliphatic hydroxyl groups is 1. The van der Waals surface area contributed by atoms with Crippen LogP contribution in [0.1, 0.15) is 21.5 Å². The minimum Gasteiger partial charge on any atom is -0.392 e. The Morgan fingerprint density at radius 3 is 2.14 bits per heavy atom. The zero-order valence-corrected chi connectivity index (χ0v) is 12.8. The second kappa shape index (κ2) is 7.46. The van der Waals surface area contributed by atoms with Crippen LogP contribution in [0.4, 0.5) is 0 Å². The number of hydrogen-bond acceptors (Lipinski definition) is 2. The second-order valence-electron chi connectivity index (χ2n) is 4.58. The van der Waals surface area contributed by atoms with E-state index in [2.05, 4.69) is 5.32 Å². The summed E-state index contributed by atoms with van der Waals surface area (Å²) in [6.45, 7) is 0.515. The van der Waals surface area contributed by atoms with E-state index in [0.717, 1.165) is 11.1 Å². The Hall–Kier alpha value is -1.55. The van der Waals surface area contributed by atoms with Gasteiger partial charge in [0.2, 0.25) is 0 Å². The largest absolute Gasteiger partial charge is 0.392 e. The van der Waals surface area contributed by atoms with Crippen molar-refractivity contribution in [3.8, 4) is 0 Å². The molecule has 21 heavy (non-hydrogen) atoms. The van der Waals surface area contributed by atoms with Gasteiger partial charge in [0, 0.05) is 6.54 Å². The number of amides is 1. The maximum atomic E-state index is 12.1. The summed E-state index contributed by atoms with van der Waals surface area (Å²) >= 11 is 12.0. The number of carbonyl (C=O) groups excluding carboxylic acids is 1. The molecular weight excluding hydrogens is 309 g/mol. The highest BCUT2D eigenvalue weighted by atomic mass is 35.5. The fourth-order valence-corrected chi connectivity index (χ4v) is 2.50. The average Bonchev–Trinajstić information content (AvgIpc) is 2.48. The predicted molar refractivity (Wildman–Crippen MR) is 84.9 cm³/mol. The number of aliphatic hydroxyl groups excluding tert-OH is 1. The molecule has 2 aromatic carbocycles. The number of rotatable bonds is 5. The van der Waals surface area contributed by atoms with E-state index in [9.17, 15) is 4.79 Å². The molecule has 3 nitrogen and oxygen atoms in total. The quantitative estimate of drug-likeness (QED) is 0.885. The molecule has 0 aliphatic rings. The Morgan fingerprint density at radius 2 is 1.57 bits per heavy atom. The molecule has 0 aliphatic heterocycles. The lowest BCUT2D eigenvalue weighted by Crippen LogP contribution is -2.26. The van der Waals surface area contributed by atoms with Gasteiger partial charge >= 0.3 is 0 Å². The first-order valence-corrected chi connectivity index (χ1v) is 7.28. The molecule has 0 spiro atoms. The highest BCUT2D eigenvalue weighted by Gasteiger charge is 2.13. The SMILES string of the molecule is O=C(NCCc1ccc(CO)cc1)c1c(Cl)cccc1Cl. The highest BCUT2D eigenvalue weighted by molar-refractivity contribution is 6.39. The van der Waals surface area contributed by atoms with Gasteiger partial charge in [-0.2, -0.15) is 0 Å². The van der Waals surface area contributed by atoms with E-state index in [1.54, 1.807) is 18.2 Å². The van der Waals surface area contributed by atoms with E-state index in [-0.39, 0.29) is 12.5 Å². The van der Waals surface area contributed by atoms with Crippen molar-refractivity contribution in [3.05, 3.63) is 69.2 Å². The molecule has 0 aliphatic carbocycles. The number of halogens is 2. The maximum Gasteiger partial charge on any atom is 0.254 e. The minimum absolute atomic E-state index is 0.0298. The lowest BCUT2D eigenvalue weighted by molar-refractivity contribution is 0.0954. The lowest BCUT2D eigenvalue weighted by atomic mass is 10.1. The number of hydrogen-bond donors (Lipinski definition) is 2. The second-order valence-corrected chi connectivity index (χ2v) is 5.39. The van der Waals surface area contributed by atoms with Crippen molar-refractivity contribution in [3.63, 3.8) is 0 Å². The van der Waals surface area contributed by atoms with E-state index in [1.165, 1.54) is 0 Å². The molecule has 0 aromatic heterocycles. The monoisotopic (exact) mass is 323 g/mol.